The molecule has 52 valence electrons. The predicted molar refractivity (Wildman–Crippen MR) is 36.0 cm³/mol. The van der Waals surface area contributed by atoms with Crippen LogP contribution in [-0.2, 0) is 4.79 Å². The molecule has 1 aliphatic heterocycles. The molecule has 0 unspecified atom stereocenters. The van der Waals surface area contributed by atoms with Crippen molar-refractivity contribution >= 4 is 5.91 Å². The van der Waals surface area contributed by atoms with Crippen molar-refractivity contribution in [2.45, 2.75) is 20.3 Å². The predicted octanol–water partition coefficient (Wildman–Crippen LogP) is 0.778. The van der Waals surface area contributed by atoms with E-state index in [0.717, 1.165) is 6.54 Å². The first kappa shape index (κ1) is 6.59. The first-order chi connectivity index (χ1) is 4.20. The fourth-order valence-corrected chi connectivity index (χ4v) is 1.04. The second-order valence-electron chi connectivity index (χ2n) is 2.96. The zero-order chi connectivity index (χ0) is 6.85. The molecule has 1 N–H and O–H groups in total. The SMILES string of the molecule is C[C@@H]1CNC(=O)C[C@@H]1C. The van der Waals surface area contributed by atoms with Crippen LogP contribution in [0.15, 0.2) is 0 Å². The Bertz CT molecular complexity index is 122. The summed E-state index contributed by atoms with van der Waals surface area (Å²) in [5.74, 6) is 1.43. The topological polar surface area (TPSA) is 29.1 Å². The minimum atomic E-state index is 0.209. The summed E-state index contributed by atoms with van der Waals surface area (Å²) in [7, 11) is 0. The van der Waals surface area contributed by atoms with Crippen LogP contribution in [0.25, 0.3) is 0 Å². The van der Waals surface area contributed by atoms with Gasteiger partial charge in [-0.2, -0.15) is 0 Å². The van der Waals surface area contributed by atoms with Gasteiger partial charge in [0.1, 0.15) is 0 Å². The lowest BCUT2D eigenvalue weighted by Crippen LogP contribution is -2.38. The Morgan fingerprint density at radius 3 is 2.56 bits per heavy atom. The fraction of sp³-hybridized carbons (Fsp3) is 0.857. The van der Waals surface area contributed by atoms with Crippen LogP contribution in [-0.4, -0.2) is 12.5 Å². The minimum absolute atomic E-state index is 0.209. The van der Waals surface area contributed by atoms with Gasteiger partial charge >= 0.3 is 0 Å². The molecular weight excluding hydrogens is 114 g/mol. The van der Waals surface area contributed by atoms with Crippen molar-refractivity contribution in [1.82, 2.24) is 5.32 Å². The van der Waals surface area contributed by atoms with E-state index in [2.05, 4.69) is 19.2 Å². The maximum Gasteiger partial charge on any atom is 0.220 e. The Morgan fingerprint density at radius 1 is 1.44 bits per heavy atom. The van der Waals surface area contributed by atoms with Gasteiger partial charge in [0.05, 0.1) is 0 Å². The molecule has 1 aliphatic rings. The molecule has 9 heavy (non-hydrogen) atoms. The number of rotatable bonds is 0. The quantitative estimate of drug-likeness (QED) is 0.512. The van der Waals surface area contributed by atoms with Crippen molar-refractivity contribution in [2.75, 3.05) is 6.54 Å². The third-order valence-corrected chi connectivity index (χ3v) is 2.10. The summed E-state index contributed by atoms with van der Waals surface area (Å²) >= 11 is 0. The van der Waals surface area contributed by atoms with E-state index in [9.17, 15) is 4.79 Å². The molecule has 1 fully saturated rings. The van der Waals surface area contributed by atoms with Crippen molar-refractivity contribution in [3.05, 3.63) is 0 Å². The highest BCUT2D eigenvalue weighted by molar-refractivity contribution is 5.76. The minimum Gasteiger partial charge on any atom is -0.356 e. The van der Waals surface area contributed by atoms with Gasteiger partial charge < -0.3 is 5.32 Å². The van der Waals surface area contributed by atoms with Gasteiger partial charge in [-0.3, -0.25) is 4.79 Å². The molecule has 2 nitrogen and oxygen atoms in total. The van der Waals surface area contributed by atoms with Gasteiger partial charge in [0.15, 0.2) is 0 Å². The van der Waals surface area contributed by atoms with Gasteiger partial charge in [-0.1, -0.05) is 13.8 Å². The van der Waals surface area contributed by atoms with Crippen LogP contribution in [0.4, 0.5) is 0 Å². The normalized spacial score (nSPS) is 36.0. The number of carbonyl (C=O) groups excluding carboxylic acids is 1. The number of hydrogen-bond donors (Lipinski definition) is 1. The molecule has 1 rings (SSSR count). The Kier molecular flexibility index (Phi) is 1.74. The van der Waals surface area contributed by atoms with Crippen molar-refractivity contribution < 1.29 is 4.79 Å². The van der Waals surface area contributed by atoms with Crippen LogP contribution in [0.5, 0.6) is 0 Å². The van der Waals surface area contributed by atoms with E-state index >= 15 is 0 Å². The van der Waals surface area contributed by atoms with Gasteiger partial charge in [0.25, 0.3) is 0 Å². The summed E-state index contributed by atoms with van der Waals surface area (Å²) in [5, 5.41) is 2.82. The largest absolute Gasteiger partial charge is 0.356 e. The summed E-state index contributed by atoms with van der Waals surface area (Å²) in [6.07, 6.45) is 0.709. The van der Waals surface area contributed by atoms with E-state index < -0.39 is 0 Å². The molecule has 1 amide bonds. The standard InChI is InChI=1S/C7H13NO/c1-5-3-7(9)8-4-6(5)2/h5-6H,3-4H2,1-2H3,(H,8,9)/t5-,6+/m0/s1. The number of amides is 1. The van der Waals surface area contributed by atoms with Crippen molar-refractivity contribution in [2.24, 2.45) is 11.8 Å². The zero-order valence-corrected chi connectivity index (χ0v) is 5.98. The highest BCUT2D eigenvalue weighted by Crippen LogP contribution is 2.17. The molecule has 0 bridgehead atoms. The highest BCUT2D eigenvalue weighted by atomic mass is 16.1. The van der Waals surface area contributed by atoms with Crippen molar-refractivity contribution in [3.63, 3.8) is 0 Å². The Balaban J connectivity index is 2.44. The van der Waals surface area contributed by atoms with E-state index in [0.29, 0.717) is 18.3 Å². The molecule has 0 spiro atoms. The van der Waals surface area contributed by atoms with Gasteiger partial charge in [-0.15, -0.1) is 0 Å². The van der Waals surface area contributed by atoms with Crippen LogP contribution in [0.3, 0.4) is 0 Å². The first-order valence-corrected chi connectivity index (χ1v) is 3.47. The van der Waals surface area contributed by atoms with E-state index in [4.69, 9.17) is 0 Å². The summed E-state index contributed by atoms with van der Waals surface area (Å²) in [6.45, 7) is 5.16. The van der Waals surface area contributed by atoms with Crippen molar-refractivity contribution in [1.29, 1.82) is 0 Å². The van der Waals surface area contributed by atoms with E-state index in [1.165, 1.54) is 0 Å². The maximum atomic E-state index is 10.7. The van der Waals surface area contributed by atoms with Gasteiger partial charge in [0.2, 0.25) is 5.91 Å². The second-order valence-corrected chi connectivity index (χ2v) is 2.96. The van der Waals surface area contributed by atoms with E-state index in [-0.39, 0.29) is 5.91 Å². The second kappa shape index (κ2) is 2.38. The van der Waals surface area contributed by atoms with Crippen LogP contribution in [0.2, 0.25) is 0 Å². The summed E-state index contributed by atoms with van der Waals surface area (Å²) in [4.78, 5) is 10.7. The van der Waals surface area contributed by atoms with Gasteiger partial charge in [-0.25, -0.2) is 0 Å². The zero-order valence-electron chi connectivity index (χ0n) is 5.98. The van der Waals surface area contributed by atoms with E-state index in [1.807, 2.05) is 0 Å². The first-order valence-electron chi connectivity index (χ1n) is 3.47. The molecule has 2 atom stereocenters. The fourth-order valence-electron chi connectivity index (χ4n) is 1.04. The third kappa shape index (κ3) is 1.44. The van der Waals surface area contributed by atoms with Crippen molar-refractivity contribution in [3.8, 4) is 0 Å². The number of piperidine rings is 1. The lowest BCUT2D eigenvalue weighted by atomic mass is 9.90. The maximum absolute atomic E-state index is 10.7. The lowest BCUT2D eigenvalue weighted by molar-refractivity contribution is -0.124. The molecule has 1 heterocycles. The Morgan fingerprint density at radius 2 is 2.11 bits per heavy atom. The van der Waals surface area contributed by atoms with Crippen LogP contribution in [0, 0.1) is 11.8 Å². The molecule has 0 aromatic carbocycles. The number of hydrogen-bond acceptors (Lipinski definition) is 1. The Labute approximate surface area is 55.6 Å². The summed E-state index contributed by atoms with van der Waals surface area (Å²) < 4.78 is 0. The van der Waals surface area contributed by atoms with Crippen LogP contribution >= 0.6 is 0 Å². The molecule has 0 aromatic heterocycles. The molecule has 0 aliphatic carbocycles. The van der Waals surface area contributed by atoms with Gasteiger partial charge in [0, 0.05) is 13.0 Å². The average molecular weight is 127 g/mol. The molecule has 0 radical (unpaired) electrons. The monoisotopic (exact) mass is 127 g/mol. The molecule has 0 aromatic rings. The lowest BCUT2D eigenvalue weighted by Gasteiger charge is -2.25. The molecule has 0 saturated carbocycles. The van der Waals surface area contributed by atoms with E-state index in [1.54, 1.807) is 0 Å². The summed E-state index contributed by atoms with van der Waals surface area (Å²) in [6, 6.07) is 0. The third-order valence-electron chi connectivity index (χ3n) is 2.10. The average Bonchev–Trinajstić information content (AvgIpc) is 1.80. The highest BCUT2D eigenvalue weighted by Gasteiger charge is 2.20. The van der Waals surface area contributed by atoms with Crippen LogP contribution in [0.1, 0.15) is 20.3 Å². The van der Waals surface area contributed by atoms with Crippen LogP contribution < -0.4 is 5.32 Å². The number of nitrogens with one attached hydrogen (secondary N) is 1. The molecular formula is C7H13NO. The number of carbonyl (C=O) groups is 1. The Hall–Kier alpha value is -0.530. The van der Waals surface area contributed by atoms with Gasteiger partial charge in [-0.05, 0) is 11.8 Å². The molecule has 1 saturated heterocycles. The smallest absolute Gasteiger partial charge is 0.220 e. The summed E-state index contributed by atoms with van der Waals surface area (Å²) in [5.41, 5.74) is 0. The molecule has 2 heteroatoms.